The molecule has 0 heterocycles. The maximum atomic E-state index is 6.02. The quantitative estimate of drug-likeness (QED) is 0.893. The maximum Gasteiger partial charge on any atom is 0.119 e. The Labute approximate surface area is 126 Å². The van der Waals surface area contributed by atoms with Crippen molar-refractivity contribution >= 4 is 0 Å². The zero-order valence-corrected chi connectivity index (χ0v) is 12.6. The molecular formula is C19H23NO. The Bertz CT molecular complexity index is 603. The predicted octanol–water partition coefficient (Wildman–Crippen LogP) is 4.16. The molecule has 21 heavy (non-hydrogen) atoms. The van der Waals surface area contributed by atoms with Crippen LogP contribution in [0.5, 0.6) is 5.75 Å². The van der Waals surface area contributed by atoms with E-state index in [2.05, 4.69) is 37.3 Å². The Kier molecular flexibility index (Phi) is 4.26. The molecule has 1 aliphatic carbocycles. The van der Waals surface area contributed by atoms with E-state index in [-0.39, 0.29) is 6.04 Å². The summed E-state index contributed by atoms with van der Waals surface area (Å²) in [5, 5.41) is 0. The van der Waals surface area contributed by atoms with Gasteiger partial charge in [0.25, 0.3) is 0 Å². The molecule has 2 aromatic rings. The highest BCUT2D eigenvalue weighted by atomic mass is 16.5. The number of fused-ring (bicyclic) bond motifs is 1. The van der Waals surface area contributed by atoms with Gasteiger partial charge in [-0.05, 0) is 60.1 Å². The molecule has 2 heteroatoms. The van der Waals surface area contributed by atoms with E-state index in [1.807, 2.05) is 12.1 Å². The van der Waals surface area contributed by atoms with Crippen LogP contribution in [0.3, 0.4) is 0 Å². The van der Waals surface area contributed by atoms with Crippen LogP contribution in [0, 0.1) is 0 Å². The van der Waals surface area contributed by atoms with Gasteiger partial charge in [-0.2, -0.15) is 0 Å². The number of nitrogens with two attached hydrogens (primary N) is 1. The molecular weight excluding hydrogens is 258 g/mol. The van der Waals surface area contributed by atoms with E-state index in [0.717, 1.165) is 12.2 Å². The van der Waals surface area contributed by atoms with Gasteiger partial charge in [-0.25, -0.2) is 0 Å². The van der Waals surface area contributed by atoms with E-state index >= 15 is 0 Å². The van der Waals surface area contributed by atoms with Crippen LogP contribution < -0.4 is 10.5 Å². The molecule has 1 atom stereocenters. The average Bonchev–Trinajstić information content (AvgIpc) is 3.00. The highest BCUT2D eigenvalue weighted by molar-refractivity contribution is 5.35. The second kappa shape index (κ2) is 6.31. The first-order chi connectivity index (χ1) is 10.3. The van der Waals surface area contributed by atoms with Gasteiger partial charge in [0.1, 0.15) is 12.4 Å². The lowest BCUT2D eigenvalue weighted by Gasteiger charge is -2.11. The Morgan fingerprint density at radius 3 is 2.57 bits per heavy atom. The smallest absolute Gasteiger partial charge is 0.119 e. The summed E-state index contributed by atoms with van der Waals surface area (Å²) in [4.78, 5) is 0. The number of aryl methyl sites for hydroxylation is 2. The van der Waals surface area contributed by atoms with Crippen molar-refractivity contribution < 1.29 is 4.74 Å². The number of ether oxygens (including phenoxy) is 1. The van der Waals surface area contributed by atoms with Crippen molar-refractivity contribution in [1.82, 2.24) is 0 Å². The molecule has 2 N–H and O–H groups in total. The standard InChI is InChI=1S/C19H23NO/c1-2-19(20)16-8-10-18(11-9-16)21-13-14-6-7-15-4-3-5-17(15)12-14/h6-12,19H,2-5,13,20H2,1H3/t19-/m0/s1. The summed E-state index contributed by atoms with van der Waals surface area (Å²) in [6.45, 7) is 2.73. The highest BCUT2D eigenvalue weighted by Crippen LogP contribution is 2.24. The van der Waals surface area contributed by atoms with Gasteiger partial charge < -0.3 is 10.5 Å². The van der Waals surface area contributed by atoms with Gasteiger partial charge in [0.05, 0.1) is 0 Å². The molecule has 0 saturated heterocycles. The van der Waals surface area contributed by atoms with Gasteiger partial charge in [-0.15, -0.1) is 0 Å². The third kappa shape index (κ3) is 3.27. The predicted molar refractivity (Wildman–Crippen MR) is 86.5 cm³/mol. The summed E-state index contributed by atoms with van der Waals surface area (Å²) in [6, 6.07) is 15.0. The summed E-state index contributed by atoms with van der Waals surface area (Å²) in [7, 11) is 0. The fourth-order valence-corrected chi connectivity index (χ4v) is 2.93. The van der Waals surface area contributed by atoms with Crippen LogP contribution in [-0.2, 0) is 19.4 Å². The zero-order chi connectivity index (χ0) is 14.7. The van der Waals surface area contributed by atoms with E-state index in [1.165, 1.54) is 41.5 Å². The van der Waals surface area contributed by atoms with Crippen LogP contribution in [-0.4, -0.2) is 0 Å². The first-order valence-electron chi connectivity index (χ1n) is 7.85. The lowest BCUT2D eigenvalue weighted by molar-refractivity contribution is 0.306. The van der Waals surface area contributed by atoms with E-state index in [1.54, 1.807) is 0 Å². The van der Waals surface area contributed by atoms with Crippen molar-refractivity contribution in [3.63, 3.8) is 0 Å². The van der Waals surface area contributed by atoms with Crippen molar-refractivity contribution in [2.24, 2.45) is 5.73 Å². The van der Waals surface area contributed by atoms with Crippen molar-refractivity contribution in [2.45, 2.75) is 45.3 Å². The molecule has 0 aromatic heterocycles. The minimum Gasteiger partial charge on any atom is -0.489 e. The Morgan fingerprint density at radius 1 is 1.05 bits per heavy atom. The van der Waals surface area contributed by atoms with E-state index in [0.29, 0.717) is 6.61 Å². The fourth-order valence-electron chi connectivity index (χ4n) is 2.93. The van der Waals surface area contributed by atoms with E-state index in [4.69, 9.17) is 10.5 Å². The molecule has 0 unspecified atom stereocenters. The fraction of sp³-hybridized carbons (Fsp3) is 0.368. The van der Waals surface area contributed by atoms with E-state index < -0.39 is 0 Å². The summed E-state index contributed by atoms with van der Waals surface area (Å²) in [5.41, 5.74) is 11.5. The topological polar surface area (TPSA) is 35.2 Å². The molecule has 110 valence electrons. The maximum absolute atomic E-state index is 6.02. The largest absolute Gasteiger partial charge is 0.489 e. The monoisotopic (exact) mass is 281 g/mol. The molecule has 0 spiro atoms. The minimum atomic E-state index is 0.121. The average molecular weight is 281 g/mol. The van der Waals surface area contributed by atoms with Gasteiger partial charge in [0.15, 0.2) is 0 Å². The second-order valence-electron chi connectivity index (χ2n) is 5.83. The Balaban J connectivity index is 1.62. The summed E-state index contributed by atoms with van der Waals surface area (Å²) in [5.74, 6) is 0.905. The Morgan fingerprint density at radius 2 is 1.81 bits per heavy atom. The number of benzene rings is 2. The molecule has 0 amide bonds. The molecule has 2 aromatic carbocycles. The van der Waals surface area contributed by atoms with Crippen LogP contribution in [0.1, 0.15) is 48.1 Å². The summed E-state index contributed by atoms with van der Waals surface area (Å²) < 4.78 is 5.88. The molecule has 0 bridgehead atoms. The molecule has 0 fully saturated rings. The summed E-state index contributed by atoms with van der Waals surface area (Å²) >= 11 is 0. The number of hydrogen-bond acceptors (Lipinski definition) is 2. The Hall–Kier alpha value is -1.80. The second-order valence-corrected chi connectivity index (χ2v) is 5.83. The summed E-state index contributed by atoms with van der Waals surface area (Å²) in [6.07, 6.45) is 4.69. The molecule has 2 nitrogen and oxygen atoms in total. The molecule has 0 saturated carbocycles. The molecule has 1 aliphatic rings. The first-order valence-corrected chi connectivity index (χ1v) is 7.85. The van der Waals surface area contributed by atoms with Gasteiger partial charge in [0, 0.05) is 6.04 Å². The van der Waals surface area contributed by atoms with Crippen LogP contribution in [0.15, 0.2) is 42.5 Å². The third-order valence-corrected chi connectivity index (χ3v) is 4.32. The van der Waals surface area contributed by atoms with Gasteiger partial charge in [-0.1, -0.05) is 37.3 Å². The van der Waals surface area contributed by atoms with Crippen molar-refractivity contribution in [2.75, 3.05) is 0 Å². The van der Waals surface area contributed by atoms with Crippen LogP contribution in [0.25, 0.3) is 0 Å². The lowest BCUT2D eigenvalue weighted by Crippen LogP contribution is -2.08. The molecule has 0 radical (unpaired) electrons. The minimum absolute atomic E-state index is 0.121. The number of hydrogen-bond donors (Lipinski definition) is 1. The van der Waals surface area contributed by atoms with Crippen LogP contribution >= 0.6 is 0 Å². The van der Waals surface area contributed by atoms with Crippen molar-refractivity contribution in [3.8, 4) is 5.75 Å². The van der Waals surface area contributed by atoms with Crippen molar-refractivity contribution in [3.05, 3.63) is 64.7 Å². The first kappa shape index (κ1) is 14.2. The normalized spacial score (nSPS) is 14.8. The van der Waals surface area contributed by atoms with Gasteiger partial charge in [0.2, 0.25) is 0 Å². The number of rotatable bonds is 5. The highest BCUT2D eigenvalue weighted by Gasteiger charge is 2.11. The zero-order valence-electron chi connectivity index (χ0n) is 12.6. The van der Waals surface area contributed by atoms with Crippen LogP contribution in [0.2, 0.25) is 0 Å². The lowest BCUT2D eigenvalue weighted by atomic mass is 10.1. The van der Waals surface area contributed by atoms with Gasteiger partial charge in [-0.3, -0.25) is 0 Å². The van der Waals surface area contributed by atoms with Crippen molar-refractivity contribution in [1.29, 1.82) is 0 Å². The SMILES string of the molecule is CC[C@H](N)c1ccc(OCc2ccc3c(c2)CCC3)cc1. The van der Waals surface area contributed by atoms with Crippen LogP contribution in [0.4, 0.5) is 0 Å². The molecule has 3 rings (SSSR count). The van der Waals surface area contributed by atoms with E-state index in [9.17, 15) is 0 Å². The van der Waals surface area contributed by atoms with Gasteiger partial charge >= 0.3 is 0 Å². The molecule has 0 aliphatic heterocycles. The third-order valence-electron chi connectivity index (χ3n) is 4.32.